The molecule has 0 spiro atoms. The van der Waals surface area contributed by atoms with Crippen LogP contribution in [0.4, 0.5) is 16.6 Å². The normalized spacial score (nSPS) is 15.5. The Hall–Kier alpha value is -3.10. The van der Waals surface area contributed by atoms with E-state index >= 15 is 0 Å². The zero-order valence-corrected chi connectivity index (χ0v) is 19.1. The largest absolute Gasteiger partial charge is 0.508 e. The van der Waals surface area contributed by atoms with E-state index < -0.39 is 0 Å². The van der Waals surface area contributed by atoms with Gasteiger partial charge in [0.15, 0.2) is 10.9 Å². The Balaban J connectivity index is 1.49. The van der Waals surface area contributed by atoms with E-state index in [0.717, 1.165) is 49.4 Å². The molecule has 1 aliphatic heterocycles. The summed E-state index contributed by atoms with van der Waals surface area (Å²) < 4.78 is 5.96. The standard InChI is InChI=1S/C24H28N4O3S/c1-3-4-15-13-16(5-10-20(15)29)21(30)22-23(25-2)28-24(32-22)27-17-6-8-18(9-7-17)31-19-11-12-26-14-19/h5-10,13,19,25-26,29H,3-4,11-12,14H2,1-2H3,(H,27,28). The third kappa shape index (κ3) is 5.03. The van der Waals surface area contributed by atoms with Gasteiger partial charge in [-0.2, -0.15) is 0 Å². The summed E-state index contributed by atoms with van der Waals surface area (Å²) in [6.07, 6.45) is 2.85. The third-order valence-electron chi connectivity index (χ3n) is 5.35. The van der Waals surface area contributed by atoms with E-state index in [4.69, 9.17) is 4.74 Å². The highest BCUT2D eigenvalue weighted by Gasteiger charge is 2.20. The second kappa shape index (κ2) is 10.0. The van der Waals surface area contributed by atoms with Crippen LogP contribution in [-0.4, -0.2) is 42.1 Å². The van der Waals surface area contributed by atoms with E-state index in [0.29, 0.717) is 21.4 Å². The van der Waals surface area contributed by atoms with E-state index in [1.54, 1.807) is 25.2 Å². The number of hydrogen-bond acceptors (Lipinski definition) is 8. The molecule has 2 heterocycles. The van der Waals surface area contributed by atoms with Crippen LogP contribution < -0.4 is 20.7 Å². The van der Waals surface area contributed by atoms with E-state index in [9.17, 15) is 9.90 Å². The quantitative estimate of drug-likeness (QED) is 0.354. The van der Waals surface area contributed by atoms with Crippen LogP contribution >= 0.6 is 11.3 Å². The summed E-state index contributed by atoms with van der Waals surface area (Å²) in [4.78, 5) is 18.2. The minimum atomic E-state index is -0.119. The van der Waals surface area contributed by atoms with Gasteiger partial charge in [-0.05, 0) is 67.4 Å². The Morgan fingerprint density at radius 1 is 1.28 bits per heavy atom. The van der Waals surface area contributed by atoms with Crippen LogP contribution in [0.25, 0.3) is 0 Å². The highest BCUT2D eigenvalue weighted by Crippen LogP contribution is 2.32. The number of rotatable bonds is 9. The molecular formula is C24H28N4O3S. The monoisotopic (exact) mass is 452 g/mol. The predicted octanol–water partition coefficient (Wildman–Crippen LogP) is 4.56. The molecule has 1 fully saturated rings. The van der Waals surface area contributed by atoms with Crippen LogP contribution in [0.2, 0.25) is 0 Å². The average molecular weight is 453 g/mol. The minimum absolute atomic E-state index is 0.119. The lowest BCUT2D eigenvalue weighted by atomic mass is 10.0. The van der Waals surface area contributed by atoms with Gasteiger partial charge >= 0.3 is 0 Å². The van der Waals surface area contributed by atoms with Crippen molar-refractivity contribution >= 4 is 33.8 Å². The molecule has 8 heteroatoms. The zero-order chi connectivity index (χ0) is 22.5. The molecule has 1 atom stereocenters. The molecule has 1 unspecified atom stereocenters. The molecule has 32 heavy (non-hydrogen) atoms. The molecule has 4 rings (SSSR count). The van der Waals surface area contributed by atoms with E-state index in [-0.39, 0.29) is 17.6 Å². The Morgan fingerprint density at radius 3 is 2.78 bits per heavy atom. The number of hydrogen-bond donors (Lipinski definition) is 4. The number of benzene rings is 2. The molecule has 0 bridgehead atoms. The van der Waals surface area contributed by atoms with Crippen molar-refractivity contribution in [3.05, 3.63) is 58.5 Å². The maximum absolute atomic E-state index is 13.2. The topological polar surface area (TPSA) is 95.5 Å². The molecule has 7 nitrogen and oxygen atoms in total. The van der Waals surface area contributed by atoms with Gasteiger partial charge in [-0.1, -0.05) is 24.7 Å². The number of aromatic nitrogens is 1. The Kier molecular flexibility index (Phi) is 6.92. The van der Waals surface area contributed by atoms with Gasteiger partial charge in [-0.3, -0.25) is 4.79 Å². The number of aryl methyl sites for hydroxylation is 1. The number of phenols is 1. The van der Waals surface area contributed by atoms with Gasteiger partial charge in [0.2, 0.25) is 5.78 Å². The van der Waals surface area contributed by atoms with Crippen molar-refractivity contribution in [3.63, 3.8) is 0 Å². The molecule has 3 aromatic rings. The van der Waals surface area contributed by atoms with Crippen molar-refractivity contribution < 1.29 is 14.6 Å². The average Bonchev–Trinajstić information content (AvgIpc) is 3.46. The first-order chi connectivity index (χ1) is 15.6. The van der Waals surface area contributed by atoms with Crippen molar-refractivity contribution in [3.8, 4) is 11.5 Å². The van der Waals surface area contributed by atoms with Gasteiger partial charge in [-0.15, -0.1) is 0 Å². The number of ether oxygens (including phenoxy) is 1. The van der Waals surface area contributed by atoms with Crippen molar-refractivity contribution in [2.75, 3.05) is 30.8 Å². The number of nitrogens with one attached hydrogen (secondary N) is 3. The minimum Gasteiger partial charge on any atom is -0.508 e. The highest BCUT2D eigenvalue weighted by atomic mass is 32.1. The van der Waals surface area contributed by atoms with Gasteiger partial charge < -0.3 is 25.8 Å². The number of anilines is 3. The molecule has 1 aliphatic rings. The van der Waals surface area contributed by atoms with Crippen molar-refractivity contribution in [1.82, 2.24) is 10.3 Å². The smallest absolute Gasteiger partial charge is 0.206 e. The molecule has 2 aromatic carbocycles. The number of carbonyl (C=O) groups excluding carboxylic acids is 1. The number of ketones is 1. The summed E-state index contributed by atoms with van der Waals surface area (Å²) in [5.41, 5.74) is 2.19. The number of thiazole rings is 1. The maximum atomic E-state index is 13.2. The van der Waals surface area contributed by atoms with Crippen molar-refractivity contribution in [1.29, 1.82) is 0 Å². The second-order valence-corrected chi connectivity index (χ2v) is 8.75. The van der Waals surface area contributed by atoms with Gasteiger partial charge in [-0.25, -0.2) is 4.98 Å². The maximum Gasteiger partial charge on any atom is 0.206 e. The number of nitrogens with zero attached hydrogens (tertiary/aromatic N) is 1. The summed E-state index contributed by atoms with van der Waals surface area (Å²) in [5, 5.41) is 20.2. The van der Waals surface area contributed by atoms with Crippen LogP contribution in [0, 0.1) is 0 Å². The molecule has 1 saturated heterocycles. The van der Waals surface area contributed by atoms with Gasteiger partial charge in [0.1, 0.15) is 22.5 Å². The summed E-state index contributed by atoms with van der Waals surface area (Å²) in [5.74, 6) is 1.47. The number of carbonyl (C=O) groups is 1. The van der Waals surface area contributed by atoms with Crippen LogP contribution in [0.1, 0.15) is 40.6 Å². The van der Waals surface area contributed by atoms with Crippen LogP contribution in [0.5, 0.6) is 11.5 Å². The molecule has 0 saturated carbocycles. The molecule has 4 N–H and O–H groups in total. The zero-order valence-electron chi connectivity index (χ0n) is 18.3. The first-order valence-electron chi connectivity index (χ1n) is 10.9. The van der Waals surface area contributed by atoms with Crippen LogP contribution in [0.15, 0.2) is 42.5 Å². The van der Waals surface area contributed by atoms with Gasteiger partial charge in [0.25, 0.3) is 0 Å². The molecular weight excluding hydrogens is 424 g/mol. The van der Waals surface area contributed by atoms with Crippen molar-refractivity contribution in [2.45, 2.75) is 32.3 Å². The lowest BCUT2D eigenvalue weighted by Crippen LogP contribution is -2.19. The first-order valence-corrected chi connectivity index (χ1v) is 11.7. The Labute approximate surface area is 191 Å². The summed E-state index contributed by atoms with van der Waals surface area (Å²) in [7, 11) is 1.75. The molecule has 0 amide bonds. The SMILES string of the molecule is CCCc1cc(C(=O)c2sc(Nc3ccc(OC4CCNC4)cc3)nc2NC)ccc1O. The first kappa shape index (κ1) is 22.1. The number of aromatic hydroxyl groups is 1. The number of phenolic OH excluding ortho intramolecular Hbond substituents is 1. The van der Waals surface area contributed by atoms with E-state index in [1.807, 2.05) is 31.2 Å². The molecule has 168 valence electrons. The Morgan fingerprint density at radius 2 is 2.09 bits per heavy atom. The lowest BCUT2D eigenvalue weighted by Gasteiger charge is -2.12. The predicted molar refractivity (Wildman–Crippen MR) is 129 cm³/mol. The summed E-state index contributed by atoms with van der Waals surface area (Å²) >= 11 is 1.30. The van der Waals surface area contributed by atoms with E-state index in [2.05, 4.69) is 20.9 Å². The van der Waals surface area contributed by atoms with Gasteiger partial charge in [0, 0.05) is 24.8 Å². The fraction of sp³-hybridized carbons (Fsp3) is 0.333. The summed E-state index contributed by atoms with van der Waals surface area (Å²) in [6, 6.07) is 12.8. The fourth-order valence-electron chi connectivity index (χ4n) is 3.69. The second-order valence-electron chi connectivity index (χ2n) is 7.75. The molecule has 1 aromatic heterocycles. The van der Waals surface area contributed by atoms with Crippen molar-refractivity contribution in [2.24, 2.45) is 0 Å². The molecule has 0 radical (unpaired) electrons. The molecule has 0 aliphatic carbocycles. The summed E-state index contributed by atoms with van der Waals surface area (Å²) in [6.45, 7) is 3.91. The van der Waals surface area contributed by atoms with Gasteiger partial charge in [0.05, 0.1) is 0 Å². The van der Waals surface area contributed by atoms with Crippen LogP contribution in [-0.2, 0) is 6.42 Å². The lowest BCUT2D eigenvalue weighted by molar-refractivity contribution is 0.104. The Bertz CT molecular complexity index is 1080. The van der Waals surface area contributed by atoms with Crippen LogP contribution in [0.3, 0.4) is 0 Å². The van der Waals surface area contributed by atoms with E-state index in [1.165, 1.54) is 11.3 Å². The fourth-order valence-corrected chi connectivity index (χ4v) is 4.64. The highest BCUT2D eigenvalue weighted by molar-refractivity contribution is 7.18. The third-order valence-corrected chi connectivity index (χ3v) is 6.32.